The van der Waals surface area contributed by atoms with Crippen LogP contribution in [-0.4, -0.2) is 0 Å². The number of hydrogen-bond acceptors (Lipinski definition) is 0. The SMILES string of the molecule is CCCCCCCCc1ccc(C#Cc2cc(CC)c(C#Cc3ccc(C#Cc4cc(CCCCCCCC)c(C#Cc5ccc(C#Cc6cc(CC)c(C#Cc7ccc(CCCCCCCC)cc7)cc6CC)cc5)cc4CCCCCCCC)cc3)cc2CC)cc1. The van der Waals surface area contributed by atoms with E-state index < -0.39 is 0 Å². The van der Waals surface area contributed by atoms with E-state index in [9.17, 15) is 0 Å². The Morgan fingerprint density at radius 3 is 0.585 bits per heavy atom. The summed E-state index contributed by atoms with van der Waals surface area (Å²) in [7, 11) is 0. The standard InChI is InChI=1S/C94H110/c1-9-17-21-25-29-33-37-75-41-45-77(46-42-75)57-63-89-69-85(15-7)91(71-83(89)13-5)65-59-79-49-53-81(54-50-79)61-67-93-73-88(40-36-32-28-24-20-12-4)94(74-87(93)39-35-31-27-23-19-11-3)68-62-82-55-51-80(52-56-82)60-66-92-72-84(14-6)90(70-86(92)16-8)64-58-78-47-43-76(44-48-78)38-34-30-26-22-18-10-2/h41-56,69-74H,9-40H2,1-8H3. The van der Waals surface area contributed by atoms with Crippen LogP contribution in [0.4, 0.5) is 0 Å². The molecule has 7 aromatic rings. The van der Waals surface area contributed by atoms with Crippen LogP contribution in [0.5, 0.6) is 0 Å². The van der Waals surface area contributed by atoms with Gasteiger partial charge in [0, 0.05) is 66.8 Å². The van der Waals surface area contributed by atoms with Crippen molar-refractivity contribution in [2.24, 2.45) is 0 Å². The van der Waals surface area contributed by atoms with Gasteiger partial charge in [0.1, 0.15) is 0 Å². The van der Waals surface area contributed by atoms with Crippen molar-refractivity contribution in [3.8, 4) is 71.0 Å². The van der Waals surface area contributed by atoms with Crippen LogP contribution in [0.1, 0.15) is 321 Å². The largest absolute Gasteiger partial charge is 0.0654 e. The van der Waals surface area contributed by atoms with Gasteiger partial charge in [-0.1, -0.05) is 279 Å². The third-order valence-corrected chi connectivity index (χ3v) is 18.5. The number of rotatable bonds is 32. The minimum atomic E-state index is 0.897. The first kappa shape index (κ1) is 73.3. The van der Waals surface area contributed by atoms with Gasteiger partial charge < -0.3 is 0 Å². The summed E-state index contributed by atoms with van der Waals surface area (Å²) in [4.78, 5) is 0. The summed E-state index contributed by atoms with van der Waals surface area (Å²) >= 11 is 0. The molecule has 0 aliphatic heterocycles. The Balaban J connectivity index is 1.07. The van der Waals surface area contributed by atoms with E-state index in [1.807, 2.05) is 0 Å². The zero-order valence-electron chi connectivity index (χ0n) is 59.3. The molecule has 0 bridgehead atoms. The molecular weight excluding hydrogens is 1130 g/mol. The summed E-state index contributed by atoms with van der Waals surface area (Å²) in [6.07, 6.45) is 38.8. The van der Waals surface area contributed by atoms with Gasteiger partial charge in [-0.25, -0.2) is 0 Å². The highest BCUT2D eigenvalue weighted by Crippen LogP contribution is 2.25. The van der Waals surface area contributed by atoms with Crippen molar-refractivity contribution in [2.45, 2.75) is 261 Å². The molecule has 7 aromatic carbocycles. The van der Waals surface area contributed by atoms with Gasteiger partial charge in [-0.2, -0.15) is 0 Å². The Labute approximate surface area is 573 Å². The van der Waals surface area contributed by atoms with Gasteiger partial charge in [0.15, 0.2) is 0 Å². The predicted molar refractivity (Wildman–Crippen MR) is 407 cm³/mol. The molecule has 0 spiro atoms. The van der Waals surface area contributed by atoms with E-state index in [1.54, 1.807) is 0 Å². The van der Waals surface area contributed by atoms with E-state index in [0.717, 1.165) is 131 Å². The van der Waals surface area contributed by atoms with Crippen LogP contribution < -0.4 is 0 Å². The van der Waals surface area contributed by atoms with Crippen molar-refractivity contribution < 1.29 is 0 Å². The maximum atomic E-state index is 3.70. The summed E-state index contributed by atoms with van der Waals surface area (Å²) in [5.74, 6) is 42.7. The monoisotopic (exact) mass is 1240 g/mol. The lowest BCUT2D eigenvalue weighted by atomic mass is 9.92. The summed E-state index contributed by atoms with van der Waals surface area (Å²) < 4.78 is 0. The molecule has 0 heteroatoms. The Bertz CT molecular complexity index is 3570. The molecule has 0 aliphatic carbocycles. The van der Waals surface area contributed by atoms with Gasteiger partial charge in [0.2, 0.25) is 0 Å². The van der Waals surface area contributed by atoms with Gasteiger partial charge in [-0.15, -0.1) is 0 Å². The molecule has 0 radical (unpaired) electrons. The van der Waals surface area contributed by atoms with Crippen molar-refractivity contribution in [1.82, 2.24) is 0 Å². The second kappa shape index (κ2) is 43.0. The lowest BCUT2D eigenvalue weighted by molar-refractivity contribution is 0.605. The fourth-order valence-corrected chi connectivity index (χ4v) is 12.4. The average Bonchev–Trinajstić information content (AvgIpc) is 0.968. The Morgan fingerprint density at radius 1 is 0.181 bits per heavy atom. The van der Waals surface area contributed by atoms with Crippen LogP contribution in [0, 0.1) is 71.0 Å². The molecule has 0 aromatic heterocycles. The molecule has 0 saturated carbocycles. The Hall–Kier alpha value is -8.10. The molecular formula is C94H110. The second-order valence-electron chi connectivity index (χ2n) is 26.0. The molecule has 0 nitrogen and oxygen atoms in total. The third-order valence-electron chi connectivity index (χ3n) is 18.5. The van der Waals surface area contributed by atoms with Gasteiger partial charge in [-0.3, -0.25) is 0 Å². The summed E-state index contributed by atoms with van der Waals surface area (Å²) in [6, 6.07) is 48.7. The predicted octanol–water partition coefficient (Wildman–Crippen LogP) is 23.9. The van der Waals surface area contributed by atoms with E-state index in [-0.39, 0.29) is 0 Å². The van der Waals surface area contributed by atoms with Crippen LogP contribution in [0.15, 0.2) is 133 Å². The molecule has 94 heavy (non-hydrogen) atoms. The van der Waals surface area contributed by atoms with E-state index in [4.69, 9.17) is 0 Å². The summed E-state index contributed by atoms with van der Waals surface area (Å²) in [6.45, 7) is 18.0. The Morgan fingerprint density at radius 2 is 0.362 bits per heavy atom. The van der Waals surface area contributed by atoms with Crippen molar-refractivity contribution in [3.63, 3.8) is 0 Å². The average molecular weight is 1240 g/mol. The van der Waals surface area contributed by atoms with Crippen molar-refractivity contribution in [3.05, 3.63) is 245 Å². The number of benzene rings is 7. The van der Waals surface area contributed by atoms with Gasteiger partial charge in [0.25, 0.3) is 0 Å². The highest BCUT2D eigenvalue weighted by atomic mass is 14.2. The molecule has 0 saturated heterocycles. The zero-order chi connectivity index (χ0) is 66.2. The van der Waals surface area contributed by atoms with Crippen LogP contribution >= 0.6 is 0 Å². The first-order valence-corrected chi connectivity index (χ1v) is 37.2. The summed E-state index contributed by atoms with van der Waals surface area (Å²) in [5, 5.41) is 0. The van der Waals surface area contributed by atoms with Crippen LogP contribution in [-0.2, 0) is 51.4 Å². The topological polar surface area (TPSA) is 0 Å². The molecule has 0 amide bonds. The second-order valence-corrected chi connectivity index (χ2v) is 26.0. The number of aryl methyl sites for hydroxylation is 8. The molecule has 486 valence electrons. The Kier molecular flexibility index (Phi) is 33.5. The van der Waals surface area contributed by atoms with Crippen molar-refractivity contribution >= 4 is 0 Å². The third kappa shape index (κ3) is 25.7. The fraction of sp³-hybridized carbons (Fsp3) is 0.426. The molecule has 7 rings (SSSR count). The molecule has 0 aliphatic rings. The lowest BCUT2D eigenvalue weighted by Crippen LogP contribution is -1.99. The molecule has 0 heterocycles. The van der Waals surface area contributed by atoms with Crippen LogP contribution in [0.25, 0.3) is 0 Å². The maximum Gasteiger partial charge on any atom is 0.0284 e. The summed E-state index contributed by atoms with van der Waals surface area (Å²) in [5.41, 5.74) is 23.1. The first-order chi connectivity index (χ1) is 46.3. The van der Waals surface area contributed by atoms with Gasteiger partial charge in [0.05, 0.1) is 0 Å². The number of hydrogen-bond donors (Lipinski definition) is 0. The van der Waals surface area contributed by atoms with E-state index in [0.29, 0.717) is 0 Å². The van der Waals surface area contributed by atoms with E-state index in [2.05, 4.69) is 260 Å². The zero-order valence-corrected chi connectivity index (χ0v) is 59.3. The van der Waals surface area contributed by atoms with Gasteiger partial charge >= 0.3 is 0 Å². The van der Waals surface area contributed by atoms with E-state index >= 15 is 0 Å². The molecule has 0 fully saturated rings. The van der Waals surface area contributed by atoms with Crippen molar-refractivity contribution in [1.29, 1.82) is 0 Å². The maximum absolute atomic E-state index is 3.70. The molecule has 0 atom stereocenters. The quantitative estimate of drug-likeness (QED) is 0.0291. The molecule has 0 N–H and O–H groups in total. The van der Waals surface area contributed by atoms with Gasteiger partial charge in [-0.05, 0) is 231 Å². The number of unbranched alkanes of at least 4 members (excludes halogenated alkanes) is 20. The van der Waals surface area contributed by atoms with E-state index in [1.165, 1.54) is 186 Å². The lowest BCUT2D eigenvalue weighted by Gasteiger charge is -2.12. The van der Waals surface area contributed by atoms with Crippen molar-refractivity contribution in [2.75, 3.05) is 0 Å². The minimum Gasteiger partial charge on any atom is -0.0654 e. The minimum absolute atomic E-state index is 0.897. The molecule has 0 unspecified atom stereocenters. The highest BCUT2D eigenvalue weighted by Gasteiger charge is 2.12. The normalized spacial score (nSPS) is 10.6. The highest BCUT2D eigenvalue weighted by molar-refractivity contribution is 5.60. The van der Waals surface area contributed by atoms with Crippen LogP contribution in [0.2, 0.25) is 0 Å². The smallest absolute Gasteiger partial charge is 0.0284 e. The first-order valence-electron chi connectivity index (χ1n) is 37.2. The van der Waals surface area contributed by atoms with Crippen LogP contribution in [0.3, 0.4) is 0 Å². The fourth-order valence-electron chi connectivity index (χ4n) is 12.4.